The Morgan fingerprint density at radius 1 is 1.18 bits per heavy atom. The van der Waals surface area contributed by atoms with E-state index in [1.165, 1.54) is 0 Å². The highest BCUT2D eigenvalue weighted by atomic mass is 31.1. The topological polar surface area (TPSA) is 35.5 Å². The van der Waals surface area contributed by atoms with Crippen LogP contribution in [0, 0.1) is 0 Å². The molecule has 0 bridgehead atoms. The zero-order valence-corrected chi connectivity index (χ0v) is 6.53. The van der Waals surface area contributed by atoms with Crippen LogP contribution in [0.5, 0.6) is 0 Å². The van der Waals surface area contributed by atoms with Gasteiger partial charge in [-0.25, -0.2) is 0 Å². The van der Waals surface area contributed by atoms with Crippen LogP contribution in [0.15, 0.2) is 30.3 Å². The van der Waals surface area contributed by atoms with Crippen molar-refractivity contribution in [2.75, 3.05) is 0 Å². The molecule has 3 nitrogen and oxygen atoms in total. The van der Waals surface area contributed by atoms with Gasteiger partial charge in [0.15, 0.2) is 0 Å². The molecule has 1 aromatic rings. The first-order valence-electron chi connectivity index (χ1n) is 3.22. The Morgan fingerprint density at radius 2 is 1.82 bits per heavy atom. The van der Waals surface area contributed by atoms with Gasteiger partial charge >= 0.3 is 8.25 Å². The third-order valence-electron chi connectivity index (χ3n) is 1.44. The number of hydrogen-bond acceptors (Lipinski definition) is 3. The Hall–Kier alpha value is -0.760. The lowest BCUT2D eigenvalue weighted by Crippen LogP contribution is -2.09. The van der Waals surface area contributed by atoms with E-state index >= 15 is 0 Å². The monoisotopic (exact) mass is 169 g/mol. The van der Waals surface area contributed by atoms with Gasteiger partial charge in [-0.15, -0.1) is 0 Å². The van der Waals surface area contributed by atoms with Gasteiger partial charge in [0.25, 0.3) is 6.29 Å². The molecule has 0 atom stereocenters. The minimum atomic E-state index is -1.83. The molecule has 1 heterocycles. The van der Waals surface area contributed by atoms with Gasteiger partial charge in [-0.2, -0.15) is 0 Å². The third-order valence-corrected chi connectivity index (χ3v) is 2.16. The third kappa shape index (κ3) is 1.31. The molecule has 0 saturated carbocycles. The molecule has 1 aromatic carbocycles. The van der Waals surface area contributed by atoms with Crippen molar-refractivity contribution in [3.05, 3.63) is 35.9 Å². The molecular weight excluding hydrogens is 163 g/mol. The first-order chi connectivity index (χ1) is 5.36. The fraction of sp³-hybridized carbons (Fsp3) is 0.143. The molecule has 0 amide bonds. The van der Waals surface area contributed by atoms with Crippen molar-refractivity contribution in [2.24, 2.45) is 0 Å². The standard InChI is InChI=1S/C7H6O3P/c8-11-9-7(10-11)6-4-2-1-3-5-6/h1-5,7H/q+1. The summed E-state index contributed by atoms with van der Waals surface area (Å²) in [6.45, 7) is 0. The van der Waals surface area contributed by atoms with Gasteiger partial charge in [0.05, 0.1) is 0 Å². The molecule has 0 unspecified atom stereocenters. The number of rotatable bonds is 1. The Balaban J connectivity index is 2.13. The summed E-state index contributed by atoms with van der Waals surface area (Å²) in [5, 5.41) is 0. The van der Waals surface area contributed by atoms with Gasteiger partial charge in [0.1, 0.15) is 0 Å². The van der Waals surface area contributed by atoms with Crippen LogP contribution in [0.1, 0.15) is 11.9 Å². The maximum absolute atomic E-state index is 10.4. The predicted octanol–water partition coefficient (Wildman–Crippen LogP) is 2.39. The Morgan fingerprint density at radius 3 is 2.36 bits per heavy atom. The van der Waals surface area contributed by atoms with Crippen molar-refractivity contribution in [3.8, 4) is 0 Å². The second-order valence-corrected chi connectivity index (χ2v) is 3.05. The Kier molecular flexibility index (Phi) is 1.70. The van der Waals surface area contributed by atoms with Crippen LogP contribution in [0.3, 0.4) is 0 Å². The molecule has 1 saturated heterocycles. The predicted molar refractivity (Wildman–Crippen MR) is 39.0 cm³/mol. The second-order valence-electron chi connectivity index (χ2n) is 2.18. The molecular formula is C7H6O3P+. The summed E-state index contributed by atoms with van der Waals surface area (Å²) in [5.41, 5.74) is 0.905. The summed E-state index contributed by atoms with van der Waals surface area (Å²) in [5.74, 6) is 0. The average molecular weight is 169 g/mol. The maximum atomic E-state index is 10.4. The van der Waals surface area contributed by atoms with Crippen molar-refractivity contribution in [1.82, 2.24) is 0 Å². The summed E-state index contributed by atoms with van der Waals surface area (Å²) >= 11 is 0. The average Bonchev–Trinajstić information content (AvgIpc) is 2.01. The molecule has 0 N–H and O–H groups in total. The van der Waals surface area contributed by atoms with E-state index in [4.69, 9.17) is 9.05 Å². The van der Waals surface area contributed by atoms with Gasteiger partial charge in [-0.3, -0.25) is 0 Å². The molecule has 2 rings (SSSR count). The molecule has 56 valence electrons. The van der Waals surface area contributed by atoms with E-state index in [0.717, 1.165) is 5.56 Å². The molecule has 1 fully saturated rings. The van der Waals surface area contributed by atoms with Crippen LogP contribution in [-0.2, 0) is 13.6 Å². The van der Waals surface area contributed by atoms with E-state index in [0.29, 0.717) is 0 Å². The lowest BCUT2D eigenvalue weighted by atomic mass is 10.2. The highest BCUT2D eigenvalue weighted by molar-refractivity contribution is 7.34. The number of hydrogen-bond donors (Lipinski definition) is 0. The molecule has 0 aliphatic carbocycles. The largest absolute Gasteiger partial charge is 0.703 e. The second kappa shape index (κ2) is 2.70. The lowest BCUT2D eigenvalue weighted by Gasteiger charge is -2.10. The number of benzene rings is 1. The Labute approximate surface area is 64.9 Å². The summed E-state index contributed by atoms with van der Waals surface area (Å²) < 4.78 is 20.0. The normalized spacial score (nSPS) is 26.2. The minimum absolute atomic E-state index is 0.417. The molecule has 0 aromatic heterocycles. The first kappa shape index (κ1) is 6.92. The van der Waals surface area contributed by atoms with Crippen molar-refractivity contribution in [2.45, 2.75) is 6.29 Å². The van der Waals surface area contributed by atoms with E-state index in [1.54, 1.807) is 0 Å². The fourth-order valence-electron chi connectivity index (χ4n) is 0.896. The highest BCUT2D eigenvalue weighted by Crippen LogP contribution is 2.48. The van der Waals surface area contributed by atoms with Crippen molar-refractivity contribution in [3.63, 3.8) is 0 Å². The van der Waals surface area contributed by atoms with Gasteiger partial charge in [0, 0.05) is 10.1 Å². The van der Waals surface area contributed by atoms with Gasteiger partial charge in [-0.1, -0.05) is 39.4 Å². The van der Waals surface area contributed by atoms with Crippen molar-refractivity contribution in [1.29, 1.82) is 0 Å². The smallest absolute Gasteiger partial charge is 0.0765 e. The van der Waals surface area contributed by atoms with Gasteiger partial charge in [0.2, 0.25) is 0 Å². The zero-order chi connectivity index (χ0) is 7.68. The summed E-state index contributed by atoms with van der Waals surface area (Å²) in [7, 11) is -1.83. The highest BCUT2D eigenvalue weighted by Gasteiger charge is 2.46. The SMILES string of the molecule is O=[P+]1OC(c2ccccc2)O1. The van der Waals surface area contributed by atoms with Gasteiger partial charge < -0.3 is 0 Å². The van der Waals surface area contributed by atoms with E-state index in [-0.39, 0.29) is 0 Å². The lowest BCUT2D eigenvalue weighted by molar-refractivity contribution is -0.0802. The van der Waals surface area contributed by atoms with Crippen LogP contribution < -0.4 is 0 Å². The molecule has 1 aliphatic heterocycles. The van der Waals surface area contributed by atoms with E-state index < -0.39 is 14.5 Å². The van der Waals surface area contributed by atoms with E-state index in [1.807, 2.05) is 30.3 Å². The Bertz CT molecular complexity index is 264. The molecule has 1 aliphatic rings. The van der Waals surface area contributed by atoms with Crippen molar-refractivity contribution < 1.29 is 13.6 Å². The maximum Gasteiger partial charge on any atom is 0.703 e. The van der Waals surface area contributed by atoms with Crippen LogP contribution in [0.2, 0.25) is 0 Å². The van der Waals surface area contributed by atoms with Crippen LogP contribution in [0.4, 0.5) is 0 Å². The first-order valence-corrected chi connectivity index (χ1v) is 4.31. The molecule has 0 radical (unpaired) electrons. The minimum Gasteiger partial charge on any atom is -0.0765 e. The van der Waals surface area contributed by atoms with Gasteiger partial charge in [-0.05, 0) is 0 Å². The quantitative estimate of drug-likeness (QED) is 0.605. The molecule has 0 spiro atoms. The summed E-state index contributed by atoms with van der Waals surface area (Å²) in [6.07, 6.45) is -0.417. The molecule has 4 heteroatoms. The summed E-state index contributed by atoms with van der Waals surface area (Å²) in [6, 6.07) is 9.41. The van der Waals surface area contributed by atoms with Crippen LogP contribution in [-0.4, -0.2) is 0 Å². The molecule has 11 heavy (non-hydrogen) atoms. The van der Waals surface area contributed by atoms with Crippen LogP contribution >= 0.6 is 8.25 Å². The summed E-state index contributed by atoms with van der Waals surface area (Å²) in [4.78, 5) is 0. The fourth-order valence-corrected chi connectivity index (χ4v) is 1.47. The zero-order valence-electron chi connectivity index (χ0n) is 5.64. The van der Waals surface area contributed by atoms with Crippen LogP contribution in [0.25, 0.3) is 0 Å². The van der Waals surface area contributed by atoms with Crippen molar-refractivity contribution >= 4 is 8.25 Å². The van der Waals surface area contributed by atoms with E-state index in [2.05, 4.69) is 0 Å². The van der Waals surface area contributed by atoms with E-state index in [9.17, 15) is 4.57 Å².